The number of aliphatic hydroxyl groups is 1. The van der Waals surface area contributed by atoms with Crippen LogP contribution in [0.15, 0.2) is 83.6 Å². The number of hydrogen-bond acceptors (Lipinski definition) is 2. The third kappa shape index (κ3) is 4.92. The normalized spacial score (nSPS) is 11.9. The van der Waals surface area contributed by atoms with E-state index in [0.717, 1.165) is 0 Å². The zero-order valence-corrected chi connectivity index (χ0v) is 14.5. The maximum Gasteiger partial charge on any atom is 0.0762 e. The predicted octanol–water partition coefficient (Wildman–Crippen LogP) is 5.37. The van der Waals surface area contributed by atoms with Crippen LogP contribution >= 0.6 is 11.3 Å². The summed E-state index contributed by atoms with van der Waals surface area (Å²) < 4.78 is 0. The molecule has 3 rings (SSSR count). The molecule has 0 aliphatic heterocycles. The van der Waals surface area contributed by atoms with E-state index in [1.54, 1.807) is 11.3 Å². The molecule has 0 aliphatic carbocycles. The van der Waals surface area contributed by atoms with Crippen molar-refractivity contribution in [3.05, 3.63) is 100 Å². The lowest BCUT2D eigenvalue weighted by Gasteiger charge is -2.27. The van der Waals surface area contributed by atoms with Crippen molar-refractivity contribution < 1.29 is 5.11 Å². The molecule has 0 spiro atoms. The van der Waals surface area contributed by atoms with Crippen molar-refractivity contribution in [2.45, 2.75) is 24.9 Å². The number of hydrogen-bond donors (Lipinski definition) is 1. The van der Waals surface area contributed by atoms with Gasteiger partial charge in [-0.3, -0.25) is 0 Å². The van der Waals surface area contributed by atoms with Gasteiger partial charge in [-0.15, -0.1) is 0 Å². The first kappa shape index (κ1) is 16.7. The molecule has 0 bridgehead atoms. The van der Waals surface area contributed by atoms with Crippen molar-refractivity contribution in [3.8, 4) is 0 Å². The Labute approximate surface area is 147 Å². The Hall–Kier alpha value is -2.16. The van der Waals surface area contributed by atoms with Gasteiger partial charge >= 0.3 is 0 Å². The molecule has 0 aliphatic rings. The zero-order chi connectivity index (χ0) is 16.7. The van der Waals surface area contributed by atoms with Crippen LogP contribution in [0.4, 0.5) is 0 Å². The summed E-state index contributed by atoms with van der Waals surface area (Å²) >= 11 is 1.69. The first-order chi connectivity index (χ1) is 11.7. The summed E-state index contributed by atoms with van der Waals surface area (Å²) in [5.41, 5.74) is 2.75. The van der Waals surface area contributed by atoms with Crippen molar-refractivity contribution in [2.24, 2.45) is 0 Å². The fourth-order valence-electron chi connectivity index (χ4n) is 2.94. The summed E-state index contributed by atoms with van der Waals surface area (Å²) in [6, 6.07) is 22.5. The van der Waals surface area contributed by atoms with Crippen LogP contribution in [0, 0.1) is 0 Å². The standard InChI is InChI=1S/C22H22OS/c23-22(16-19-8-3-1-4-9-19,17-20-10-5-2-6-11-20)14-7-12-21-13-15-24-18-21/h1-13,15,18,23H,14,16-17H2/b12-7+. The SMILES string of the molecule is OC(C/C=C/c1ccsc1)(Cc1ccccc1)Cc1ccccc1. The largest absolute Gasteiger partial charge is 0.389 e. The first-order valence-corrected chi connectivity index (χ1v) is 9.17. The van der Waals surface area contributed by atoms with Gasteiger partial charge in [-0.2, -0.15) is 11.3 Å². The molecular weight excluding hydrogens is 312 g/mol. The molecule has 3 aromatic rings. The van der Waals surface area contributed by atoms with Crippen LogP contribution in [0.1, 0.15) is 23.1 Å². The monoisotopic (exact) mass is 334 g/mol. The highest BCUT2D eigenvalue weighted by Gasteiger charge is 2.26. The molecular formula is C22H22OS. The minimum Gasteiger partial charge on any atom is -0.389 e. The third-order valence-electron chi connectivity index (χ3n) is 4.10. The molecule has 0 saturated carbocycles. The Morgan fingerprint density at radius 2 is 1.42 bits per heavy atom. The van der Waals surface area contributed by atoms with Gasteiger partial charge < -0.3 is 5.11 Å². The lowest BCUT2D eigenvalue weighted by atomic mass is 9.85. The maximum atomic E-state index is 11.3. The minimum absolute atomic E-state index is 0.632. The molecule has 0 amide bonds. The van der Waals surface area contributed by atoms with Gasteiger partial charge in [-0.25, -0.2) is 0 Å². The second-order valence-electron chi connectivity index (χ2n) is 6.21. The van der Waals surface area contributed by atoms with Gasteiger partial charge in [0.25, 0.3) is 0 Å². The highest BCUT2D eigenvalue weighted by atomic mass is 32.1. The Kier molecular flexibility index (Phi) is 5.63. The number of rotatable bonds is 7. The van der Waals surface area contributed by atoms with Crippen molar-refractivity contribution >= 4 is 17.4 Å². The fraction of sp³-hybridized carbons (Fsp3) is 0.182. The van der Waals surface area contributed by atoms with E-state index in [1.165, 1.54) is 16.7 Å². The Morgan fingerprint density at radius 1 is 0.833 bits per heavy atom. The van der Waals surface area contributed by atoms with E-state index in [-0.39, 0.29) is 0 Å². The van der Waals surface area contributed by atoms with Gasteiger partial charge in [-0.1, -0.05) is 72.8 Å². The summed E-state index contributed by atoms with van der Waals surface area (Å²) in [6.07, 6.45) is 6.12. The lowest BCUT2D eigenvalue weighted by molar-refractivity contribution is 0.0440. The molecule has 0 saturated heterocycles. The van der Waals surface area contributed by atoms with Crippen LogP contribution in [0.25, 0.3) is 6.08 Å². The van der Waals surface area contributed by atoms with Gasteiger partial charge in [0, 0.05) is 12.8 Å². The van der Waals surface area contributed by atoms with Gasteiger partial charge in [-0.05, 0) is 39.9 Å². The zero-order valence-electron chi connectivity index (χ0n) is 13.6. The van der Waals surface area contributed by atoms with Crippen LogP contribution in [-0.2, 0) is 12.8 Å². The van der Waals surface area contributed by atoms with E-state index in [0.29, 0.717) is 19.3 Å². The molecule has 0 atom stereocenters. The average molecular weight is 334 g/mol. The van der Waals surface area contributed by atoms with E-state index in [9.17, 15) is 5.11 Å². The molecule has 1 aromatic heterocycles. The minimum atomic E-state index is -0.783. The molecule has 122 valence electrons. The molecule has 2 heteroatoms. The predicted molar refractivity (Wildman–Crippen MR) is 103 cm³/mol. The van der Waals surface area contributed by atoms with Gasteiger partial charge in [0.2, 0.25) is 0 Å². The number of thiophene rings is 1. The summed E-state index contributed by atoms with van der Waals surface area (Å²) in [5.74, 6) is 0. The smallest absolute Gasteiger partial charge is 0.0762 e. The van der Waals surface area contributed by atoms with Crippen LogP contribution < -0.4 is 0 Å². The quantitative estimate of drug-likeness (QED) is 0.616. The molecule has 2 aromatic carbocycles. The lowest BCUT2D eigenvalue weighted by Crippen LogP contribution is -2.33. The maximum absolute atomic E-state index is 11.3. The molecule has 0 radical (unpaired) electrons. The highest BCUT2D eigenvalue weighted by Crippen LogP contribution is 2.24. The van der Waals surface area contributed by atoms with Crippen LogP contribution in [-0.4, -0.2) is 10.7 Å². The Balaban J connectivity index is 1.76. The number of benzene rings is 2. The van der Waals surface area contributed by atoms with Crippen molar-refractivity contribution in [1.29, 1.82) is 0 Å². The summed E-state index contributed by atoms with van der Waals surface area (Å²) in [5, 5.41) is 15.5. The van der Waals surface area contributed by atoms with Crippen LogP contribution in [0.5, 0.6) is 0 Å². The summed E-state index contributed by atoms with van der Waals surface area (Å²) in [4.78, 5) is 0. The molecule has 0 fully saturated rings. The molecule has 24 heavy (non-hydrogen) atoms. The van der Waals surface area contributed by atoms with Crippen molar-refractivity contribution in [2.75, 3.05) is 0 Å². The Bertz CT molecular complexity index is 704. The van der Waals surface area contributed by atoms with Gasteiger partial charge in [0.15, 0.2) is 0 Å². The fourth-order valence-corrected chi connectivity index (χ4v) is 3.57. The average Bonchev–Trinajstić information content (AvgIpc) is 3.10. The van der Waals surface area contributed by atoms with Crippen LogP contribution in [0.2, 0.25) is 0 Å². The topological polar surface area (TPSA) is 20.2 Å². The van der Waals surface area contributed by atoms with E-state index in [2.05, 4.69) is 53.2 Å². The van der Waals surface area contributed by atoms with Gasteiger partial charge in [0.05, 0.1) is 5.60 Å². The Morgan fingerprint density at radius 3 is 1.92 bits per heavy atom. The van der Waals surface area contributed by atoms with E-state index >= 15 is 0 Å². The van der Waals surface area contributed by atoms with E-state index < -0.39 is 5.60 Å². The molecule has 1 N–H and O–H groups in total. The molecule has 1 heterocycles. The molecule has 0 unspecified atom stereocenters. The second kappa shape index (κ2) is 8.09. The van der Waals surface area contributed by atoms with Crippen molar-refractivity contribution in [1.82, 2.24) is 0 Å². The van der Waals surface area contributed by atoms with E-state index in [4.69, 9.17) is 0 Å². The van der Waals surface area contributed by atoms with Gasteiger partial charge in [0.1, 0.15) is 0 Å². The summed E-state index contributed by atoms with van der Waals surface area (Å²) in [7, 11) is 0. The highest BCUT2D eigenvalue weighted by molar-refractivity contribution is 7.08. The second-order valence-corrected chi connectivity index (χ2v) is 6.99. The first-order valence-electron chi connectivity index (χ1n) is 8.23. The third-order valence-corrected chi connectivity index (χ3v) is 4.80. The van der Waals surface area contributed by atoms with Crippen molar-refractivity contribution in [3.63, 3.8) is 0 Å². The summed E-state index contributed by atoms with van der Waals surface area (Å²) in [6.45, 7) is 0. The molecule has 1 nitrogen and oxygen atoms in total. The van der Waals surface area contributed by atoms with E-state index in [1.807, 2.05) is 36.4 Å². The van der Waals surface area contributed by atoms with Crippen LogP contribution in [0.3, 0.4) is 0 Å².